The summed E-state index contributed by atoms with van der Waals surface area (Å²) in [5.74, 6) is -0.175. The van der Waals surface area contributed by atoms with Gasteiger partial charge in [-0.25, -0.2) is 17.4 Å². The second-order valence-electron chi connectivity index (χ2n) is 12.2. The summed E-state index contributed by atoms with van der Waals surface area (Å²) in [6.07, 6.45) is 8.69. The number of rotatable bonds is 12. The van der Waals surface area contributed by atoms with E-state index >= 15 is 0 Å². The van der Waals surface area contributed by atoms with Gasteiger partial charge in [-0.15, -0.1) is 4.41 Å². The van der Waals surface area contributed by atoms with Crippen molar-refractivity contribution in [1.82, 2.24) is 33.5 Å². The number of benzene rings is 2. The number of carbonyl (C=O) groups is 2. The van der Waals surface area contributed by atoms with Crippen LogP contribution in [0.3, 0.4) is 0 Å². The van der Waals surface area contributed by atoms with Crippen LogP contribution in [-0.2, 0) is 34.5 Å². The van der Waals surface area contributed by atoms with Crippen LogP contribution in [0.2, 0.25) is 0 Å². The van der Waals surface area contributed by atoms with E-state index in [1.807, 2.05) is 0 Å². The Kier molecular flexibility index (Phi) is 17.0. The van der Waals surface area contributed by atoms with Crippen LogP contribution in [-0.4, -0.2) is 87.5 Å². The van der Waals surface area contributed by atoms with Gasteiger partial charge in [-0.3, -0.25) is 34.6 Å². The third kappa shape index (κ3) is 12.0. The zero-order valence-corrected chi connectivity index (χ0v) is 37.0. The van der Waals surface area contributed by atoms with Gasteiger partial charge in [-0.05, 0) is 31.0 Å². The molecule has 0 aliphatic rings. The van der Waals surface area contributed by atoms with E-state index in [1.54, 1.807) is 25.3 Å². The molecule has 4 aromatic heterocycles. The van der Waals surface area contributed by atoms with Crippen molar-refractivity contribution in [3.8, 4) is 5.75 Å². The number of carbonyl (C=O) groups excluding carboxylic acids is 2. The summed E-state index contributed by atoms with van der Waals surface area (Å²) in [5, 5.41) is 43.0. The summed E-state index contributed by atoms with van der Waals surface area (Å²) in [7, 11) is -5.67. The van der Waals surface area contributed by atoms with Gasteiger partial charge in [0.2, 0.25) is 0 Å². The Labute approximate surface area is 372 Å². The largest absolute Gasteiger partial charge is 1.00 e. The van der Waals surface area contributed by atoms with Crippen LogP contribution in [0.1, 0.15) is 23.6 Å². The smallest absolute Gasteiger partial charge is 0.662 e. The molecule has 24 nitrogen and oxygen atoms in total. The molecule has 0 atom stereocenters. The number of aromatic nitrogens is 4. The number of aryl methyl sites for hydroxylation is 2. The normalized spacial score (nSPS) is 11.5. The summed E-state index contributed by atoms with van der Waals surface area (Å²) in [5.41, 5.74) is 4.00. The second-order valence-corrected chi connectivity index (χ2v) is 16.1. The molecule has 0 fully saturated rings. The maximum Gasteiger partial charge on any atom is 1.00 e. The minimum atomic E-state index is -4.12. The van der Waals surface area contributed by atoms with E-state index in [2.05, 4.69) is 25.6 Å². The van der Waals surface area contributed by atoms with Gasteiger partial charge in [0, 0.05) is 92.9 Å². The predicted molar refractivity (Wildman–Crippen MR) is 211 cm³/mol. The van der Waals surface area contributed by atoms with Crippen molar-refractivity contribution in [1.29, 1.82) is 0 Å². The molecular formula is C35H33N10NaO14S2. The molecule has 6 rings (SSSR count). The number of hydrazine groups is 1. The molecule has 27 heteroatoms. The predicted octanol–water partition coefficient (Wildman–Crippen LogP) is -2.24. The average molecular weight is 905 g/mol. The number of esters is 1. The number of nitro groups is 2. The number of ether oxygens (including phenoxy) is 1. The van der Waals surface area contributed by atoms with E-state index < -0.39 is 35.9 Å². The van der Waals surface area contributed by atoms with Crippen molar-refractivity contribution in [2.45, 2.75) is 30.6 Å². The van der Waals surface area contributed by atoms with Crippen LogP contribution in [0.15, 0.2) is 105 Å². The molecule has 1 N–H and O–H groups in total. The minimum Gasteiger partial charge on any atom is -0.662 e. The van der Waals surface area contributed by atoms with Crippen molar-refractivity contribution >= 4 is 67.3 Å². The number of hydrogen-bond donors (Lipinski definition) is 1. The molecule has 0 aliphatic carbocycles. The second kappa shape index (κ2) is 21.2. The van der Waals surface area contributed by atoms with Crippen LogP contribution in [0, 0.1) is 34.1 Å². The van der Waals surface area contributed by atoms with E-state index in [0.717, 1.165) is 21.0 Å². The first-order valence-corrected chi connectivity index (χ1v) is 19.7. The maximum atomic E-state index is 12.8. The number of nitrogens with one attached hydrogen (secondary N) is 1. The monoisotopic (exact) mass is 904 g/mol. The Bertz CT molecular complexity index is 3020. The van der Waals surface area contributed by atoms with Gasteiger partial charge in [-0.1, -0.05) is 12.1 Å². The number of non-ortho nitro benzene ring substituents is 2. The van der Waals surface area contributed by atoms with Crippen LogP contribution in [0.5, 0.6) is 5.75 Å². The van der Waals surface area contributed by atoms with Crippen molar-refractivity contribution in [2.75, 3.05) is 14.1 Å². The minimum absolute atomic E-state index is 0. The third-order valence-electron chi connectivity index (χ3n) is 8.14. The summed E-state index contributed by atoms with van der Waals surface area (Å²) >= 11 is 0. The first-order chi connectivity index (χ1) is 28.7. The van der Waals surface area contributed by atoms with E-state index in [-0.39, 0.29) is 62.6 Å². The Morgan fingerprint density at radius 1 is 0.839 bits per heavy atom. The number of nitrogens with zero attached hydrogens (tertiary/aromatic N) is 9. The topological polar surface area (TPSA) is 313 Å². The number of nitro benzene ring substituents is 2. The molecular weight excluding hydrogens is 872 g/mol. The van der Waals surface area contributed by atoms with E-state index in [4.69, 9.17) is 14.8 Å². The molecule has 0 aliphatic heterocycles. The fourth-order valence-corrected chi connectivity index (χ4v) is 7.52. The molecule has 4 heterocycles. The van der Waals surface area contributed by atoms with E-state index in [0.29, 0.717) is 38.7 Å². The number of pyridine rings is 2. The summed E-state index contributed by atoms with van der Waals surface area (Å²) < 4.78 is 60.8. The quantitative estimate of drug-likeness (QED) is 0.0258. The Morgan fingerprint density at radius 3 is 1.92 bits per heavy atom. The molecule has 0 saturated heterocycles. The molecule has 62 heavy (non-hydrogen) atoms. The number of hydrazone groups is 1. The molecule has 0 spiro atoms. The van der Waals surface area contributed by atoms with Crippen molar-refractivity contribution in [3.63, 3.8) is 0 Å². The molecule has 2 aromatic carbocycles. The van der Waals surface area contributed by atoms with Gasteiger partial charge < -0.3 is 20.3 Å². The first-order valence-electron chi connectivity index (χ1n) is 16.8. The van der Waals surface area contributed by atoms with Crippen molar-refractivity contribution in [2.24, 2.45) is 5.10 Å². The van der Waals surface area contributed by atoms with Crippen LogP contribution in [0.25, 0.3) is 17.2 Å². The number of fused-ring (bicyclic) bond motifs is 2. The van der Waals surface area contributed by atoms with E-state index in [1.165, 1.54) is 104 Å². The van der Waals surface area contributed by atoms with Crippen LogP contribution >= 0.6 is 0 Å². The van der Waals surface area contributed by atoms with Crippen molar-refractivity contribution < 1.29 is 80.7 Å². The standard InChI is InChI=1S/C18H17N5O6S.C16H15N5O5S.CH2O3.Na/c1-12-4-5-15(23(25)26)8-18(12)30(27,28)21(3)19-10-14-11-20-22-7-6-16(9-17(14)22)29-13(2)24;1-11-3-4-13(21(23)24)7-16(11)27(25,26)19(2)17-9-12-10-18-20-6-5-14(22)8-15(12)20;2-1-4-3;/h4-11H,1-3H3;3-10,17H,1-2H3;1,3H;/q;;;+1/p-1/b19-10+;;;. The van der Waals surface area contributed by atoms with Gasteiger partial charge in [-0.2, -0.15) is 28.1 Å². The number of sulfonamides is 2. The molecule has 0 radical (unpaired) electrons. The fraction of sp³-hybridized carbons (Fsp3) is 0.143. The summed E-state index contributed by atoms with van der Waals surface area (Å²) in [6, 6.07) is 13.1. The summed E-state index contributed by atoms with van der Waals surface area (Å²) in [6.45, 7) is 4.18. The first kappa shape index (κ1) is 49.7. The molecule has 0 saturated carbocycles. The van der Waals surface area contributed by atoms with Gasteiger partial charge in [0.15, 0.2) is 5.43 Å². The zero-order chi connectivity index (χ0) is 45.2. The Balaban J connectivity index is 0.000000301. The van der Waals surface area contributed by atoms with Gasteiger partial charge in [0.25, 0.3) is 37.9 Å². The number of hydrogen-bond acceptors (Lipinski definition) is 18. The average Bonchev–Trinajstić information content (AvgIpc) is 3.81. The zero-order valence-electron chi connectivity index (χ0n) is 33.4. The van der Waals surface area contributed by atoms with Crippen LogP contribution in [0.4, 0.5) is 11.4 Å². The Hall–Kier alpha value is -6.68. The summed E-state index contributed by atoms with van der Waals surface area (Å²) in [4.78, 5) is 54.1. The van der Waals surface area contributed by atoms with Gasteiger partial charge in [0.05, 0.1) is 49.3 Å². The fourth-order valence-electron chi connectivity index (χ4n) is 5.09. The van der Waals surface area contributed by atoms with Crippen molar-refractivity contribution in [3.05, 3.63) is 138 Å². The maximum absolute atomic E-state index is 12.8. The van der Waals surface area contributed by atoms with Gasteiger partial charge >= 0.3 is 35.5 Å². The van der Waals surface area contributed by atoms with E-state index in [9.17, 15) is 46.7 Å². The van der Waals surface area contributed by atoms with Crippen LogP contribution < -0.4 is 55.6 Å². The third-order valence-corrected chi connectivity index (χ3v) is 11.7. The Morgan fingerprint density at radius 2 is 1.37 bits per heavy atom. The molecule has 6 aromatic rings. The molecule has 320 valence electrons. The molecule has 0 amide bonds. The van der Waals surface area contributed by atoms with Gasteiger partial charge in [0.1, 0.15) is 5.75 Å². The SMILES string of the molecule is CC(=O)Oc1ccn2ncc(/C=N/N(C)S(=O)(=O)c3cc([N+](=O)[O-])ccc3C)c2c1.Cc1ccc([N+](=O)[O-])cc1S(=O)(=O)N(C)NC=c1cnn2ccc(=O)cc12.O=CO[O-].[Na+]. The molecule has 0 bridgehead atoms. The molecule has 0 unspecified atom stereocenters.